The fourth-order valence-corrected chi connectivity index (χ4v) is 6.55. The van der Waals surface area contributed by atoms with Gasteiger partial charge in [-0.3, -0.25) is 0 Å². The van der Waals surface area contributed by atoms with E-state index in [1.165, 1.54) is 78.9 Å². The molecule has 240 valence electrons. The van der Waals surface area contributed by atoms with E-state index in [1.807, 2.05) is 0 Å². The van der Waals surface area contributed by atoms with Crippen LogP contribution in [0, 0.1) is 27.7 Å². The molecule has 0 amide bonds. The van der Waals surface area contributed by atoms with Crippen LogP contribution in [-0.2, 0) is 27.1 Å². The largest absolute Gasteiger partial charge is 4.00 e. The van der Waals surface area contributed by atoms with Gasteiger partial charge in [0.2, 0.25) is 0 Å². The summed E-state index contributed by atoms with van der Waals surface area (Å²) in [6.07, 6.45) is 4.56. The van der Waals surface area contributed by atoms with Crippen molar-refractivity contribution < 1.29 is 21.7 Å². The van der Waals surface area contributed by atoms with E-state index < -0.39 is 0 Å². The third-order valence-electron chi connectivity index (χ3n) is 9.01. The van der Waals surface area contributed by atoms with Crippen LogP contribution in [0.4, 0.5) is 0 Å². The summed E-state index contributed by atoms with van der Waals surface area (Å²) >= 11 is 0. The van der Waals surface area contributed by atoms with Gasteiger partial charge in [0.15, 0.2) is 0 Å². The van der Waals surface area contributed by atoms with Gasteiger partial charge in [-0.1, -0.05) is 150 Å². The van der Waals surface area contributed by atoms with Gasteiger partial charge in [0.05, 0.1) is 0 Å². The molecule has 1 heteroatoms. The Balaban J connectivity index is 0.000000962. The third-order valence-corrected chi connectivity index (χ3v) is 9.01. The molecule has 0 nitrogen and oxygen atoms in total. The van der Waals surface area contributed by atoms with E-state index in [9.17, 15) is 0 Å². The van der Waals surface area contributed by atoms with Crippen LogP contribution >= 0.6 is 0 Å². The molecule has 4 aromatic carbocycles. The predicted octanol–water partition coefficient (Wildman–Crippen LogP) is 14.1. The summed E-state index contributed by atoms with van der Waals surface area (Å²) in [5.74, 6) is 2.05. The fraction of sp³-hybridized carbons (Fsp3) is 0.535. The van der Waals surface area contributed by atoms with Crippen molar-refractivity contribution in [3.8, 4) is 0 Å². The van der Waals surface area contributed by atoms with Crippen molar-refractivity contribution in [2.75, 3.05) is 0 Å². The van der Waals surface area contributed by atoms with E-state index in [0.717, 1.165) is 12.8 Å². The Labute approximate surface area is 288 Å². The summed E-state index contributed by atoms with van der Waals surface area (Å²) in [5, 5.41) is 5.82. The zero-order chi connectivity index (χ0) is 32.8. The van der Waals surface area contributed by atoms with E-state index in [4.69, 9.17) is 0 Å². The van der Waals surface area contributed by atoms with Crippen molar-refractivity contribution in [1.82, 2.24) is 0 Å². The number of unbranched alkanes of at least 4 members (excludes halogenated alkanes) is 2. The van der Waals surface area contributed by atoms with Gasteiger partial charge in [-0.25, -0.2) is 0 Å². The Morgan fingerprint density at radius 3 is 1.11 bits per heavy atom. The van der Waals surface area contributed by atoms with Crippen molar-refractivity contribution in [2.45, 2.75) is 152 Å². The zero-order valence-corrected chi connectivity index (χ0v) is 32.6. The van der Waals surface area contributed by atoms with Gasteiger partial charge >= 0.3 is 21.7 Å². The molecule has 0 aromatic heterocycles. The predicted molar refractivity (Wildman–Crippen MR) is 198 cm³/mol. The summed E-state index contributed by atoms with van der Waals surface area (Å²) in [4.78, 5) is 0. The Morgan fingerprint density at radius 2 is 0.886 bits per heavy atom. The molecule has 0 saturated carbocycles. The molecule has 0 radical (unpaired) electrons. The number of rotatable bonds is 8. The van der Waals surface area contributed by atoms with Gasteiger partial charge in [0.1, 0.15) is 0 Å². The second-order valence-electron chi connectivity index (χ2n) is 14.5. The number of aryl methyl sites for hydroxylation is 2. The first kappa shape index (κ1) is 40.4. The fourth-order valence-electron chi connectivity index (χ4n) is 6.55. The number of benzene rings is 2. The van der Waals surface area contributed by atoms with Gasteiger partial charge in [-0.2, -0.15) is 12.8 Å². The van der Waals surface area contributed by atoms with Gasteiger partial charge in [-0.05, 0) is 23.7 Å². The normalized spacial score (nSPS) is 11.7. The smallest absolute Gasteiger partial charge is 0.343 e. The van der Waals surface area contributed by atoms with Gasteiger partial charge in [0.25, 0.3) is 0 Å². The monoisotopic (exact) mass is 628 g/mol. The number of fused-ring (bicyclic) bond motifs is 2. The molecule has 0 spiro atoms. The summed E-state index contributed by atoms with van der Waals surface area (Å²) in [6.45, 7) is 39.7. The standard InChI is InChI=1S/C35H46.2C4H9.Ti/c1-19(2)25-15-27-13-23(9)33(31(27)29(17-25)21(5)6)35(11,12)34-24(10)14-28-16-26(20(3)4)18-30(22(7)8)32(28)34;2*1-3-4-2;/h13-22H,1-12H3;2*1,3-4H2,2H3;/q-2;2*-1;+4. The summed E-state index contributed by atoms with van der Waals surface area (Å²) in [7, 11) is 0. The number of hydrogen-bond acceptors (Lipinski definition) is 0. The number of hydrogen-bond donors (Lipinski definition) is 0. The van der Waals surface area contributed by atoms with Crippen molar-refractivity contribution in [2.24, 2.45) is 0 Å². The van der Waals surface area contributed by atoms with Gasteiger partial charge in [0, 0.05) is 0 Å². The molecule has 0 unspecified atom stereocenters. The first-order valence-electron chi connectivity index (χ1n) is 17.2. The maximum absolute atomic E-state index is 3.60. The molecule has 4 rings (SSSR count). The first-order chi connectivity index (χ1) is 20.1. The SMILES string of the molecule is Cc1[cH-]c2cc(C(C)C)cc(C(C)C)c2c1C(C)(C)c1c(C)[cH-]c2cc(C(C)C)cc(C(C)C)c12.[CH2-]CCC.[CH2-]CCC.[Ti+4]. The maximum Gasteiger partial charge on any atom is 4.00 e. The average molecular weight is 629 g/mol. The van der Waals surface area contributed by atoms with Crippen LogP contribution in [0.25, 0.3) is 21.5 Å². The summed E-state index contributed by atoms with van der Waals surface area (Å²) in [6, 6.07) is 14.8. The molecule has 0 bridgehead atoms. The van der Waals surface area contributed by atoms with Crippen LogP contribution < -0.4 is 0 Å². The van der Waals surface area contributed by atoms with Crippen molar-refractivity contribution in [3.63, 3.8) is 0 Å². The maximum atomic E-state index is 3.60. The van der Waals surface area contributed by atoms with Crippen LogP contribution in [0.2, 0.25) is 0 Å². The minimum Gasteiger partial charge on any atom is -0.343 e. The molecule has 44 heavy (non-hydrogen) atoms. The Hall–Kier alpha value is -1.63. The van der Waals surface area contributed by atoms with E-state index in [2.05, 4.69) is 147 Å². The van der Waals surface area contributed by atoms with Crippen LogP contribution in [0.1, 0.15) is 177 Å². The molecule has 4 aromatic rings. The molecule has 0 N–H and O–H groups in total. The van der Waals surface area contributed by atoms with Crippen molar-refractivity contribution >= 4 is 21.5 Å². The topological polar surface area (TPSA) is 0 Å². The zero-order valence-electron chi connectivity index (χ0n) is 31.0. The Bertz CT molecular complexity index is 1330. The van der Waals surface area contributed by atoms with Gasteiger partial charge in [-0.15, -0.1) is 68.1 Å². The molecular weight excluding hydrogens is 564 g/mol. The van der Waals surface area contributed by atoms with Crippen LogP contribution in [0.3, 0.4) is 0 Å². The molecule has 0 fully saturated rings. The minimum atomic E-state index is -0.0936. The van der Waals surface area contributed by atoms with Crippen LogP contribution in [-0.4, -0.2) is 0 Å². The van der Waals surface area contributed by atoms with Crippen molar-refractivity contribution in [3.05, 3.63) is 94.8 Å². The van der Waals surface area contributed by atoms with E-state index in [0.29, 0.717) is 23.7 Å². The van der Waals surface area contributed by atoms with E-state index in [1.54, 1.807) is 0 Å². The molecule has 0 aliphatic rings. The van der Waals surface area contributed by atoms with E-state index in [-0.39, 0.29) is 27.1 Å². The minimum absolute atomic E-state index is 0. The molecule has 0 aliphatic heterocycles. The second kappa shape index (κ2) is 17.3. The summed E-state index contributed by atoms with van der Waals surface area (Å²) < 4.78 is 0. The quantitative estimate of drug-likeness (QED) is 0.135. The first-order valence-corrected chi connectivity index (χ1v) is 17.2. The molecule has 0 heterocycles. The second-order valence-corrected chi connectivity index (χ2v) is 14.5. The van der Waals surface area contributed by atoms with E-state index >= 15 is 0 Å². The third kappa shape index (κ3) is 8.79. The van der Waals surface area contributed by atoms with Gasteiger partial charge < -0.3 is 13.8 Å². The van der Waals surface area contributed by atoms with Crippen LogP contribution in [0.15, 0.2) is 36.4 Å². The molecule has 0 atom stereocenters. The summed E-state index contributed by atoms with van der Waals surface area (Å²) in [5.41, 5.74) is 11.7. The molecule has 0 aliphatic carbocycles. The Kier molecular flexibility index (Phi) is 15.9. The Morgan fingerprint density at radius 1 is 0.591 bits per heavy atom. The molecular formula is C43H64Ti. The van der Waals surface area contributed by atoms with Crippen molar-refractivity contribution in [1.29, 1.82) is 0 Å². The molecule has 0 saturated heterocycles. The van der Waals surface area contributed by atoms with Crippen LogP contribution in [0.5, 0.6) is 0 Å². The average Bonchev–Trinajstić information content (AvgIpc) is 3.47.